The topological polar surface area (TPSA) is 46.5 Å². The lowest BCUT2D eigenvalue weighted by Gasteiger charge is -2.01. The van der Waals surface area contributed by atoms with E-state index in [-0.39, 0.29) is 0 Å². The number of imidazole rings is 1. The van der Waals surface area contributed by atoms with Crippen molar-refractivity contribution in [1.29, 1.82) is 0 Å². The van der Waals surface area contributed by atoms with Gasteiger partial charge in [-0.05, 0) is 12.1 Å². The van der Waals surface area contributed by atoms with E-state index in [1.54, 1.807) is 11.0 Å². The predicted octanol–water partition coefficient (Wildman–Crippen LogP) is 2.40. The van der Waals surface area contributed by atoms with Crippen molar-refractivity contribution in [3.8, 4) is 5.69 Å². The van der Waals surface area contributed by atoms with Crippen LogP contribution in [-0.4, -0.2) is 19.7 Å². The van der Waals surface area contributed by atoms with Gasteiger partial charge in [-0.1, -0.05) is 23.7 Å². The summed E-state index contributed by atoms with van der Waals surface area (Å²) in [4.78, 5) is 7.06. The third-order valence-corrected chi connectivity index (χ3v) is 2.52. The smallest absolute Gasteiger partial charge is 0.199 e. The van der Waals surface area contributed by atoms with Crippen LogP contribution in [0.2, 0.25) is 5.02 Å². The Balaban J connectivity index is 2.22. The fourth-order valence-electron chi connectivity index (χ4n) is 1.49. The Kier molecular flexibility index (Phi) is 1.76. The fraction of sp³-hybridized carbons (Fsp3) is 0. The molecule has 0 unspecified atom stereocenters. The molecule has 74 valence electrons. The van der Waals surface area contributed by atoms with Crippen molar-refractivity contribution in [2.45, 2.75) is 0 Å². The second-order valence-electron chi connectivity index (χ2n) is 3.16. The van der Waals surface area contributed by atoms with E-state index in [1.165, 1.54) is 0 Å². The highest BCUT2D eigenvalue weighted by Crippen LogP contribution is 2.20. The lowest BCUT2D eigenvalue weighted by Crippen LogP contribution is -1.95. The van der Waals surface area contributed by atoms with Crippen molar-refractivity contribution >= 4 is 22.8 Å². The summed E-state index contributed by atoms with van der Waals surface area (Å²) < 4.78 is 1.72. The van der Waals surface area contributed by atoms with Crippen molar-refractivity contribution in [3.63, 3.8) is 0 Å². The van der Waals surface area contributed by atoms with Gasteiger partial charge in [-0.25, -0.2) is 9.67 Å². The molecule has 0 fully saturated rings. The molecule has 0 atom stereocenters. The number of benzene rings is 1. The van der Waals surface area contributed by atoms with Gasteiger partial charge in [0.25, 0.3) is 0 Å². The largest absolute Gasteiger partial charge is 0.342 e. The third-order valence-electron chi connectivity index (χ3n) is 2.20. The summed E-state index contributed by atoms with van der Waals surface area (Å²) in [6.07, 6.45) is 3.48. The van der Waals surface area contributed by atoms with Gasteiger partial charge in [0, 0.05) is 0 Å². The van der Waals surface area contributed by atoms with Crippen molar-refractivity contribution in [3.05, 3.63) is 41.8 Å². The number of H-pyrrole nitrogens is 1. The summed E-state index contributed by atoms with van der Waals surface area (Å²) in [7, 11) is 0. The molecule has 0 amide bonds. The maximum absolute atomic E-state index is 6.06. The average Bonchev–Trinajstić information content (AvgIpc) is 2.77. The standard InChI is InChI=1S/C10H7ClN4/c11-7-3-1-2-4-9(7)15-5-8-10(14-15)13-6-12-8/h1-6H,(H,12,13,14). The summed E-state index contributed by atoms with van der Waals surface area (Å²) in [6.45, 7) is 0. The molecule has 0 bridgehead atoms. The molecule has 1 N–H and O–H groups in total. The number of rotatable bonds is 1. The van der Waals surface area contributed by atoms with Gasteiger partial charge in [-0.3, -0.25) is 0 Å². The highest BCUT2D eigenvalue weighted by molar-refractivity contribution is 6.32. The quantitative estimate of drug-likeness (QED) is 0.682. The van der Waals surface area contributed by atoms with Crippen molar-refractivity contribution in [1.82, 2.24) is 19.7 Å². The van der Waals surface area contributed by atoms with Crippen LogP contribution in [0, 0.1) is 0 Å². The van der Waals surface area contributed by atoms with Gasteiger partial charge in [0.1, 0.15) is 5.52 Å². The molecule has 2 heterocycles. The van der Waals surface area contributed by atoms with Crippen LogP contribution in [0.15, 0.2) is 36.8 Å². The number of para-hydroxylation sites is 1. The van der Waals surface area contributed by atoms with Gasteiger partial charge in [-0.15, -0.1) is 5.10 Å². The minimum Gasteiger partial charge on any atom is -0.342 e. The molecule has 15 heavy (non-hydrogen) atoms. The molecule has 1 aromatic carbocycles. The molecule has 0 aliphatic rings. The van der Waals surface area contributed by atoms with E-state index in [1.807, 2.05) is 30.5 Å². The Morgan fingerprint density at radius 1 is 1.27 bits per heavy atom. The van der Waals surface area contributed by atoms with E-state index in [0.717, 1.165) is 11.2 Å². The third kappa shape index (κ3) is 1.30. The lowest BCUT2D eigenvalue weighted by molar-refractivity contribution is 0.887. The molecule has 4 nitrogen and oxygen atoms in total. The number of nitrogens with zero attached hydrogens (tertiary/aromatic N) is 3. The van der Waals surface area contributed by atoms with Crippen LogP contribution in [0.5, 0.6) is 0 Å². The maximum Gasteiger partial charge on any atom is 0.199 e. The van der Waals surface area contributed by atoms with E-state index in [9.17, 15) is 0 Å². The highest BCUT2D eigenvalue weighted by Gasteiger charge is 2.06. The van der Waals surface area contributed by atoms with E-state index < -0.39 is 0 Å². The molecular formula is C10H7ClN4. The first-order valence-electron chi connectivity index (χ1n) is 4.48. The SMILES string of the molecule is Clc1ccccc1-n1cc2[nH]cnc2n1. The molecule has 0 saturated heterocycles. The number of hydrogen-bond acceptors (Lipinski definition) is 2. The van der Waals surface area contributed by atoms with Crippen LogP contribution >= 0.6 is 11.6 Å². The number of hydrogen-bond donors (Lipinski definition) is 1. The zero-order valence-electron chi connectivity index (χ0n) is 7.68. The molecule has 0 radical (unpaired) electrons. The van der Waals surface area contributed by atoms with Crippen LogP contribution in [0.3, 0.4) is 0 Å². The van der Waals surface area contributed by atoms with Gasteiger partial charge in [0.05, 0.1) is 23.2 Å². The van der Waals surface area contributed by atoms with E-state index in [0.29, 0.717) is 10.7 Å². The molecule has 2 aromatic heterocycles. The molecule has 0 saturated carbocycles. The summed E-state index contributed by atoms with van der Waals surface area (Å²) in [5.74, 6) is 0. The van der Waals surface area contributed by atoms with Gasteiger partial charge in [0.2, 0.25) is 0 Å². The Morgan fingerprint density at radius 2 is 2.13 bits per heavy atom. The first-order valence-corrected chi connectivity index (χ1v) is 4.86. The van der Waals surface area contributed by atoms with Crippen LogP contribution in [0.4, 0.5) is 0 Å². The Hall–Kier alpha value is -1.81. The first-order chi connectivity index (χ1) is 7.34. The Labute approximate surface area is 90.5 Å². The minimum absolute atomic E-state index is 0.669. The number of fused-ring (bicyclic) bond motifs is 1. The summed E-state index contributed by atoms with van der Waals surface area (Å²) in [5.41, 5.74) is 2.44. The number of aromatic nitrogens is 4. The van der Waals surface area contributed by atoms with Gasteiger partial charge < -0.3 is 4.98 Å². The molecule has 3 aromatic rings. The van der Waals surface area contributed by atoms with Crippen LogP contribution in [-0.2, 0) is 0 Å². The second-order valence-corrected chi connectivity index (χ2v) is 3.57. The monoisotopic (exact) mass is 218 g/mol. The van der Waals surface area contributed by atoms with Crippen LogP contribution in [0.1, 0.15) is 0 Å². The van der Waals surface area contributed by atoms with Crippen LogP contribution < -0.4 is 0 Å². The first kappa shape index (κ1) is 8.49. The molecule has 5 heteroatoms. The van der Waals surface area contributed by atoms with Gasteiger partial charge in [-0.2, -0.15) is 0 Å². The minimum atomic E-state index is 0.669. The van der Waals surface area contributed by atoms with Crippen molar-refractivity contribution in [2.75, 3.05) is 0 Å². The Bertz CT molecular complexity index is 582. The molecule has 0 aliphatic heterocycles. The van der Waals surface area contributed by atoms with Gasteiger partial charge in [0.15, 0.2) is 5.65 Å². The molecule has 3 rings (SSSR count). The normalized spacial score (nSPS) is 11.0. The van der Waals surface area contributed by atoms with Crippen LogP contribution in [0.25, 0.3) is 16.9 Å². The highest BCUT2D eigenvalue weighted by atomic mass is 35.5. The zero-order chi connectivity index (χ0) is 10.3. The number of nitrogens with one attached hydrogen (secondary N) is 1. The molecule has 0 aliphatic carbocycles. The fourth-order valence-corrected chi connectivity index (χ4v) is 1.71. The van der Waals surface area contributed by atoms with Gasteiger partial charge >= 0.3 is 0 Å². The average molecular weight is 219 g/mol. The second kappa shape index (κ2) is 3.10. The van der Waals surface area contributed by atoms with Crippen molar-refractivity contribution in [2.24, 2.45) is 0 Å². The maximum atomic E-state index is 6.06. The van der Waals surface area contributed by atoms with E-state index in [2.05, 4.69) is 15.1 Å². The summed E-state index contributed by atoms with van der Waals surface area (Å²) in [6, 6.07) is 7.55. The van der Waals surface area contributed by atoms with E-state index in [4.69, 9.17) is 11.6 Å². The lowest BCUT2D eigenvalue weighted by atomic mass is 10.3. The predicted molar refractivity (Wildman–Crippen MR) is 58.2 cm³/mol. The Morgan fingerprint density at radius 3 is 2.93 bits per heavy atom. The summed E-state index contributed by atoms with van der Waals surface area (Å²) in [5, 5.41) is 4.96. The number of aromatic amines is 1. The zero-order valence-corrected chi connectivity index (χ0v) is 8.44. The van der Waals surface area contributed by atoms with E-state index >= 15 is 0 Å². The number of halogens is 1. The molecular weight excluding hydrogens is 212 g/mol. The van der Waals surface area contributed by atoms with Crippen molar-refractivity contribution < 1.29 is 0 Å². The molecule has 0 spiro atoms. The summed E-state index contributed by atoms with van der Waals surface area (Å²) >= 11 is 6.06.